The Bertz CT molecular complexity index is 1570. The van der Waals surface area contributed by atoms with Crippen molar-refractivity contribution < 1.29 is 36.1 Å². The topological polar surface area (TPSA) is 120 Å². The number of ether oxygens (including phenoxy) is 2. The molecule has 42 heavy (non-hydrogen) atoms. The number of esters is 2. The lowest BCUT2D eigenvalue weighted by Crippen LogP contribution is -2.45. The van der Waals surface area contributed by atoms with E-state index in [4.69, 9.17) is 53.9 Å². The second-order valence-electron chi connectivity index (χ2n) is 8.42. The fourth-order valence-corrected chi connectivity index (χ4v) is 5.42. The third-order valence-electron chi connectivity index (χ3n) is 5.40. The van der Waals surface area contributed by atoms with Gasteiger partial charge in [-0.3, -0.25) is 4.18 Å². The first-order valence-electron chi connectivity index (χ1n) is 12.1. The number of halogens is 4. The average Bonchev–Trinajstić information content (AvgIpc) is 2.98. The van der Waals surface area contributed by atoms with Crippen LogP contribution in [0.3, 0.4) is 0 Å². The van der Waals surface area contributed by atoms with Crippen LogP contribution in [0, 0.1) is 5.41 Å². The standard InChI is InChI=1S/C29H23Cl3FNO7S/c30-21-15-23(32)26(16-22(21)31)42(37,38)41-25(18-39-27(35)13-11-19-7-3-1-4-8-19)29(24(33)17-34)40-28(36)14-12-20-9-5-2-6-10-20/h1-17,24-25,29,34H,18H2/b13-11+,14-12+,34-17?/t24-,25-,29+/m1/s1. The van der Waals surface area contributed by atoms with Gasteiger partial charge < -0.3 is 14.9 Å². The molecule has 1 N–H and O–H groups in total. The number of carbonyl (C=O) groups is 2. The summed E-state index contributed by atoms with van der Waals surface area (Å²) in [7, 11) is -4.85. The van der Waals surface area contributed by atoms with Gasteiger partial charge in [0, 0.05) is 18.4 Å². The highest BCUT2D eigenvalue weighted by Crippen LogP contribution is 2.33. The summed E-state index contributed by atoms with van der Waals surface area (Å²) in [6.45, 7) is -0.898. The normalized spacial score (nSPS) is 13.9. The van der Waals surface area contributed by atoms with Crippen LogP contribution in [-0.4, -0.2) is 51.6 Å². The molecular formula is C29H23Cl3FNO7S. The Hall–Kier alpha value is -3.54. The zero-order valence-corrected chi connectivity index (χ0v) is 24.6. The molecule has 8 nitrogen and oxygen atoms in total. The molecule has 0 heterocycles. The smallest absolute Gasteiger partial charge is 0.331 e. The van der Waals surface area contributed by atoms with Gasteiger partial charge in [-0.05, 0) is 35.4 Å². The number of hydrogen-bond donors (Lipinski definition) is 1. The van der Waals surface area contributed by atoms with Crippen molar-refractivity contribution in [3.05, 3.63) is 111 Å². The Balaban J connectivity index is 1.90. The fourth-order valence-electron chi connectivity index (χ4n) is 3.37. The van der Waals surface area contributed by atoms with E-state index in [9.17, 15) is 22.4 Å². The van der Waals surface area contributed by atoms with Crippen molar-refractivity contribution in [2.24, 2.45) is 0 Å². The predicted octanol–water partition coefficient (Wildman–Crippen LogP) is 6.59. The molecule has 0 amide bonds. The van der Waals surface area contributed by atoms with Crippen molar-refractivity contribution in [1.82, 2.24) is 0 Å². The van der Waals surface area contributed by atoms with Crippen molar-refractivity contribution in [3.63, 3.8) is 0 Å². The van der Waals surface area contributed by atoms with Crippen molar-refractivity contribution in [1.29, 1.82) is 5.41 Å². The SMILES string of the molecule is N=C[C@@H](F)[C@H](OC(=O)/C=C/c1ccccc1)[C@@H](COC(=O)/C=C/c1ccccc1)OS(=O)(=O)c1cc(Cl)c(Cl)cc1Cl. The molecule has 0 aliphatic carbocycles. The summed E-state index contributed by atoms with van der Waals surface area (Å²) in [5.41, 5.74) is 1.29. The number of nitrogens with one attached hydrogen (secondary N) is 1. The fraction of sp³-hybridized carbons (Fsp3) is 0.138. The first-order chi connectivity index (χ1) is 20.0. The lowest BCUT2D eigenvalue weighted by molar-refractivity contribution is -0.155. The molecular weight excluding hydrogens is 632 g/mol. The maximum atomic E-state index is 15.0. The third-order valence-corrected chi connectivity index (χ3v) is 7.92. The lowest BCUT2D eigenvalue weighted by atomic mass is 10.1. The van der Waals surface area contributed by atoms with Crippen LogP contribution in [0.4, 0.5) is 4.39 Å². The summed E-state index contributed by atoms with van der Waals surface area (Å²) in [5, 5.41) is 6.81. The summed E-state index contributed by atoms with van der Waals surface area (Å²) < 4.78 is 56.9. The molecule has 0 fully saturated rings. The predicted molar refractivity (Wildman–Crippen MR) is 159 cm³/mol. The van der Waals surface area contributed by atoms with E-state index in [1.807, 2.05) is 0 Å². The van der Waals surface area contributed by atoms with Crippen LogP contribution in [0.2, 0.25) is 15.1 Å². The van der Waals surface area contributed by atoms with Crippen LogP contribution < -0.4 is 0 Å². The highest BCUT2D eigenvalue weighted by atomic mass is 35.5. The van der Waals surface area contributed by atoms with E-state index in [2.05, 4.69) is 0 Å². The molecule has 0 spiro atoms. The molecule has 0 saturated heterocycles. The molecule has 0 bridgehead atoms. The van der Waals surface area contributed by atoms with Gasteiger partial charge in [0.25, 0.3) is 10.1 Å². The van der Waals surface area contributed by atoms with Crippen LogP contribution in [0.5, 0.6) is 0 Å². The van der Waals surface area contributed by atoms with Gasteiger partial charge in [-0.1, -0.05) is 95.5 Å². The summed E-state index contributed by atoms with van der Waals surface area (Å²) in [5.74, 6) is -2.01. The second-order valence-corrected chi connectivity index (χ2v) is 11.2. The maximum absolute atomic E-state index is 15.0. The molecule has 0 saturated carbocycles. The van der Waals surface area contributed by atoms with Gasteiger partial charge >= 0.3 is 11.9 Å². The van der Waals surface area contributed by atoms with Crippen molar-refractivity contribution in [2.45, 2.75) is 23.3 Å². The number of carbonyl (C=O) groups excluding carboxylic acids is 2. The molecule has 3 aromatic rings. The Morgan fingerprint density at radius 1 is 0.833 bits per heavy atom. The lowest BCUT2D eigenvalue weighted by Gasteiger charge is -2.27. The van der Waals surface area contributed by atoms with Gasteiger partial charge in [0.1, 0.15) is 11.5 Å². The molecule has 3 rings (SSSR count). The van der Waals surface area contributed by atoms with Gasteiger partial charge in [0.15, 0.2) is 18.4 Å². The van der Waals surface area contributed by atoms with E-state index in [0.29, 0.717) is 11.1 Å². The summed E-state index contributed by atoms with van der Waals surface area (Å²) in [6.07, 6.45) is -1.22. The average molecular weight is 655 g/mol. The van der Waals surface area contributed by atoms with Gasteiger partial charge in [-0.15, -0.1) is 0 Å². The molecule has 220 valence electrons. The Kier molecular flexibility index (Phi) is 12.3. The number of benzene rings is 3. The van der Waals surface area contributed by atoms with Gasteiger partial charge in [0.05, 0.1) is 15.1 Å². The molecule has 0 unspecified atom stereocenters. The van der Waals surface area contributed by atoms with E-state index >= 15 is 0 Å². The molecule has 13 heteroatoms. The molecule has 3 aromatic carbocycles. The highest BCUT2D eigenvalue weighted by Gasteiger charge is 2.38. The van der Waals surface area contributed by atoms with Gasteiger partial charge in [0.2, 0.25) is 0 Å². The van der Waals surface area contributed by atoms with Crippen molar-refractivity contribution in [2.75, 3.05) is 6.61 Å². The van der Waals surface area contributed by atoms with Crippen LogP contribution in [0.1, 0.15) is 11.1 Å². The minimum absolute atomic E-state index is 0.0408. The molecule has 0 aliphatic rings. The zero-order chi connectivity index (χ0) is 30.7. The quantitative estimate of drug-likeness (QED) is 0.0726. The minimum atomic E-state index is -4.85. The van der Waals surface area contributed by atoms with Crippen LogP contribution in [-0.2, 0) is 33.4 Å². The molecule has 3 atom stereocenters. The van der Waals surface area contributed by atoms with Gasteiger partial charge in [-0.25, -0.2) is 14.0 Å². The third kappa shape index (κ3) is 9.78. The first kappa shape index (κ1) is 33.0. The van der Waals surface area contributed by atoms with E-state index in [-0.39, 0.29) is 21.3 Å². The summed E-state index contributed by atoms with van der Waals surface area (Å²) in [6, 6.07) is 19.3. The monoisotopic (exact) mass is 653 g/mol. The van der Waals surface area contributed by atoms with Crippen LogP contribution in [0.15, 0.2) is 89.8 Å². The number of alkyl halides is 1. The van der Waals surface area contributed by atoms with E-state index in [1.54, 1.807) is 60.7 Å². The molecule has 0 radical (unpaired) electrons. The van der Waals surface area contributed by atoms with E-state index in [1.165, 1.54) is 12.2 Å². The van der Waals surface area contributed by atoms with E-state index < -0.39 is 51.9 Å². The van der Waals surface area contributed by atoms with Crippen LogP contribution in [0.25, 0.3) is 12.2 Å². The van der Waals surface area contributed by atoms with E-state index in [0.717, 1.165) is 24.3 Å². The number of hydrogen-bond acceptors (Lipinski definition) is 8. The molecule has 0 aromatic heterocycles. The molecule has 0 aliphatic heterocycles. The number of rotatable bonds is 13. The summed E-state index contributed by atoms with van der Waals surface area (Å²) >= 11 is 17.9. The van der Waals surface area contributed by atoms with Crippen molar-refractivity contribution in [3.8, 4) is 0 Å². The van der Waals surface area contributed by atoms with Crippen molar-refractivity contribution >= 4 is 75.2 Å². The maximum Gasteiger partial charge on any atom is 0.331 e. The minimum Gasteiger partial charge on any atom is -0.460 e. The Labute approximate surface area is 256 Å². The first-order valence-corrected chi connectivity index (χ1v) is 14.6. The Morgan fingerprint density at radius 2 is 1.36 bits per heavy atom. The highest BCUT2D eigenvalue weighted by molar-refractivity contribution is 7.87. The second kappa shape index (κ2) is 15.6. The largest absolute Gasteiger partial charge is 0.460 e. The summed E-state index contributed by atoms with van der Waals surface area (Å²) in [4.78, 5) is 24.4. The van der Waals surface area contributed by atoms with Gasteiger partial charge in [-0.2, -0.15) is 8.42 Å². The van der Waals surface area contributed by atoms with Crippen LogP contribution >= 0.6 is 34.8 Å². The zero-order valence-electron chi connectivity index (χ0n) is 21.5. The Morgan fingerprint density at radius 3 is 1.90 bits per heavy atom.